The topological polar surface area (TPSA) is 12.9 Å². The number of hydrogen-bond donors (Lipinski definition) is 0. The van der Waals surface area contributed by atoms with E-state index in [9.17, 15) is 0 Å². The molecule has 0 radical (unpaired) electrons. The Balaban J connectivity index is 3.04. The summed E-state index contributed by atoms with van der Waals surface area (Å²) in [5.41, 5.74) is 0. The summed E-state index contributed by atoms with van der Waals surface area (Å²) in [7, 11) is 0. The van der Waals surface area contributed by atoms with E-state index < -0.39 is 0 Å². The molecule has 7 heavy (non-hydrogen) atoms. The summed E-state index contributed by atoms with van der Waals surface area (Å²) in [4.78, 5) is 3.89. The van der Waals surface area contributed by atoms with Gasteiger partial charge in [-0.1, -0.05) is 22.9 Å². The molecule has 0 bridgehead atoms. The summed E-state index contributed by atoms with van der Waals surface area (Å²) in [5.74, 6) is 0. The van der Waals surface area contributed by atoms with Gasteiger partial charge in [-0.25, -0.2) is 4.98 Å². The molecule has 1 nitrogen and oxygen atoms in total. The van der Waals surface area contributed by atoms with Gasteiger partial charge in [0.15, 0.2) is 3.01 Å². The van der Waals surface area contributed by atoms with Gasteiger partial charge in [0.1, 0.15) is 4.34 Å². The molecule has 0 aliphatic heterocycles. The number of hydrogen-bond acceptors (Lipinski definition) is 2. The van der Waals surface area contributed by atoms with Crippen LogP contribution in [-0.2, 0) is 0 Å². The number of aromatic nitrogens is 1. The van der Waals surface area contributed by atoms with Gasteiger partial charge in [0.2, 0.25) is 0 Å². The molecule has 0 saturated heterocycles. The Hall–Kier alpha value is 0.650. The first-order valence-electron chi connectivity index (χ1n) is 1.56. The normalized spacial score (nSPS) is 9.43. The number of thiazole rings is 1. The first kappa shape index (κ1) is 5.78. The zero-order chi connectivity index (χ0) is 5.28. The standard InChI is InChI=1S/C3HClINS/c4-2-1-6-3(5)7-2/h1H. The maximum absolute atomic E-state index is 5.51. The largest absolute Gasteiger partial charge is 0.237 e. The molecule has 0 amide bonds. The van der Waals surface area contributed by atoms with E-state index >= 15 is 0 Å². The number of halogens is 2. The first-order chi connectivity index (χ1) is 3.29. The highest BCUT2D eigenvalue weighted by molar-refractivity contribution is 14.1. The lowest BCUT2D eigenvalue weighted by atomic mass is 11.0. The van der Waals surface area contributed by atoms with Crippen molar-refractivity contribution in [2.75, 3.05) is 0 Å². The molecule has 1 rings (SSSR count). The molecule has 38 valence electrons. The Morgan fingerprint density at radius 1 is 1.86 bits per heavy atom. The van der Waals surface area contributed by atoms with Crippen LogP contribution in [0.4, 0.5) is 0 Å². The van der Waals surface area contributed by atoms with Crippen LogP contribution in [0.5, 0.6) is 0 Å². The Morgan fingerprint density at radius 3 is 2.71 bits per heavy atom. The van der Waals surface area contributed by atoms with E-state index in [4.69, 9.17) is 11.6 Å². The van der Waals surface area contributed by atoms with Gasteiger partial charge in [0.25, 0.3) is 0 Å². The minimum absolute atomic E-state index is 0.754. The number of rotatable bonds is 0. The van der Waals surface area contributed by atoms with Crippen LogP contribution in [0.25, 0.3) is 0 Å². The average molecular weight is 245 g/mol. The molecule has 1 heterocycles. The van der Waals surface area contributed by atoms with Gasteiger partial charge in [0.05, 0.1) is 6.20 Å². The van der Waals surface area contributed by atoms with Crippen molar-refractivity contribution in [3.8, 4) is 0 Å². The minimum atomic E-state index is 0.754. The second kappa shape index (κ2) is 2.28. The quantitative estimate of drug-likeness (QED) is 0.640. The highest BCUT2D eigenvalue weighted by atomic mass is 127. The molecular weight excluding hydrogens is 244 g/mol. The van der Waals surface area contributed by atoms with Crippen molar-refractivity contribution in [1.29, 1.82) is 0 Å². The van der Waals surface area contributed by atoms with E-state index in [1.165, 1.54) is 11.3 Å². The van der Waals surface area contributed by atoms with Crippen molar-refractivity contribution in [2.45, 2.75) is 0 Å². The maximum atomic E-state index is 5.51. The Kier molecular flexibility index (Phi) is 1.88. The monoisotopic (exact) mass is 245 g/mol. The van der Waals surface area contributed by atoms with Crippen LogP contribution in [0.3, 0.4) is 0 Å². The van der Waals surface area contributed by atoms with Gasteiger partial charge in [0, 0.05) is 0 Å². The van der Waals surface area contributed by atoms with E-state index in [2.05, 4.69) is 27.6 Å². The molecule has 0 atom stereocenters. The molecule has 1 aromatic heterocycles. The van der Waals surface area contributed by atoms with E-state index in [0.29, 0.717) is 0 Å². The van der Waals surface area contributed by atoms with Crippen LogP contribution in [0.2, 0.25) is 4.34 Å². The van der Waals surface area contributed by atoms with Crippen molar-refractivity contribution in [2.24, 2.45) is 0 Å². The fraction of sp³-hybridized carbons (Fsp3) is 0. The maximum Gasteiger partial charge on any atom is 0.155 e. The lowest BCUT2D eigenvalue weighted by Crippen LogP contribution is -1.54. The molecule has 0 spiro atoms. The van der Waals surface area contributed by atoms with Crippen molar-refractivity contribution in [3.63, 3.8) is 0 Å². The summed E-state index contributed by atoms with van der Waals surface area (Å²) in [6, 6.07) is 0. The second-order valence-electron chi connectivity index (χ2n) is 0.917. The van der Waals surface area contributed by atoms with Gasteiger partial charge in [-0.05, 0) is 22.6 Å². The van der Waals surface area contributed by atoms with E-state index in [0.717, 1.165) is 7.35 Å². The van der Waals surface area contributed by atoms with Gasteiger partial charge in [-0.2, -0.15) is 0 Å². The van der Waals surface area contributed by atoms with Crippen LogP contribution < -0.4 is 0 Å². The van der Waals surface area contributed by atoms with Crippen LogP contribution in [0.15, 0.2) is 6.20 Å². The molecule has 1 aromatic rings. The molecule has 0 aliphatic carbocycles. The molecule has 0 N–H and O–H groups in total. The summed E-state index contributed by atoms with van der Waals surface area (Å²) >= 11 is 9.12. The molecule has 0 aromatic carbocycles. The Labute approximate surface area is 63.9 Å². The van der Waals surface area contributed by atoms with Gasteiger partial charge in [-0.3, -0.25) is 0 Å². The lowest BCUT2D eigenvalue weighted by molar-refractivity contribution is 1.38. The SMILES string of the molecule is Clc1cnc(I)s1. The average Bonchev–Trinajstić information content (AvgIpc) is 1.87. The second-order valence-corrected chi connectivity index (χ2v) is 4.33. The third-order valence-corrected chi connectivity index (χ3v) is 2.29. The molecule has 0 aliphatic rings. The third kappa shape index (κ3) is 1.54. The van der Waals surface area contributed by atoms with Crippen LogP contribution in [0.1, 0.15) is 0 Å². The van der Waals surface area contributed by atoms with Gasteiger partial charge >= 0.3 is 0 Å². The van der Waals surface area contributed by atoms with Crippen molar-refractivity contribution >= 4 is 45.5 Å². The smallest absolute Gasteiger partial charge is 0.155 e. The summed E-state index contributed by atoms with van der Waals surface area (Å²) in [5, 5.41) is 0. The van der Waals surface area contributed by atoms with Crippen molar-refractivity contribution in [3.05, 3.63) is 13.5 Å². The molecule has 0 saturated carbocycles. The van der Waals surface area contributed by atoms with Crippen molar-refractivity contribution < 1.29 is 0 Å². The molecular formula is C3HClINS. The van der Waals surface area contributed by atoms with E-state index in [-0.39, 0.29) is 0 Å². The summed E-state index contributed by atoms with van der Waals surface area (Å²) in [6.45, 7) is 0. The van der Waals surface area contributed by atoms with E-state index in [1.54, 1.807) is 6.20 Å². The number of nitrogens with zero attached hydrogens (tertiary/aromatic N) is 1. The third-order valence-electron chi connectivity index (χ3n) is 0.449. The zero-order valence-electron chi connectivity index (χ0n) is 3.19. The Morgan fingerprint density at radius 2 is 2.57 bits per heavy atom. The summed E-state index contributed by atoms with van der Waals surface area (Å²) in [6.07, 6.45) is 1.65. The predicted molar refractivity (Wildman–Crippen MR) is 39.8 cm³/mol. The highest BCUT2D eigenvalue weighted by Crippen LogP contribution is 2.18. The lowest BCUT2D eigenvalue weighted by Gasteiger charge is -1.64. The highest BCUT2D eigenvalue weighted by Gasteiger charge is 1.90. The first-order valence-corrected chi connectivity index (χ1v) is 3.83. The van der Waals surface area contributed by atoms with Crippen LogP contribution >= 0.6 is 45.5 Å². The van der Waals surface area contributed by atoms with Gasteiger partial charge < -0.3 is 0 Å². The van der Waals surface area contributed by atoms with E-state index in [1.807, 2.05) is 0 Å². The fourth-order valence-corrected chi connectivity index (χ4v) is 2.12. The summed E-state index contributed by atoms with van der Waals surface area (Å²) < 4.78 is 1.74. The predicted octanol–water partition coefficient (Wildman–Crippen LogP) is 2.40. The molecule has 0 unspecified atom stereocenters. The van der Waals surface area contributed by atoms with Gasteiger partial charge in [-0.15, -0.1) is 0 Å². The minimum Gasteiger partial charge on any atom is -0.237 e. The fourth-order valence-electron chi connectivity index (χ4n) is 0.235. The van der Waals surface area contributed by atoms with Crippen LogP contribution in [-0.4, -0.2) is 4.98 Å². The molecule has 4 heteroatoms. The molecule has 0 fully saturated rings. The Bertz CT molecular complexity index is 147. The zero-order valence-corrected chi connectivity index (χ0v) is 6.92. The van der Waals surface area contributed by atoms with Crippen LogP contribution in [0, 0.1) is 3.01 Å². The van der Waals surface area contributed by atoms with Crippen molar-refractivity contribution in [1.82, 2.24) is 4.98 Å².